The molecule has 1 aliphatic heterocycles. The topological polar surface area (TPSA) is 56.5 Å². The van der Waals surface area contributed by atoms with Crippen LogP contribution in [0, 0.1) is 5.92 Å². The number of nitrogen functional groups attached to an aromatic ring is 1. The molecule has 3 N–H and O–H groups in total. The Morgan fingerprint density at radius 2 is 1.85 bits per heavy atom. The lowest BCUT2D eigenvalue weighted by molar-refractivity contribution is -0.454. The van der Waals surface area contributed by atoms with E-state index in [1.54, 1.807) is 0 Å². The number of nitrogens with one attached hydrogen (secondary N) is 1. The molecule has 20 heavy (non-hydrogen) atoms. The third kappa shape index (κ3) is 3.14. The highest BCUT2D eigenvalue weighted by Crippen LogP contribution is 2.43. The number of anilines is 1. The molecular weight excluding hydrogens is 252 g/mol. The van der Waals surface area contributed by atoms with Crippen molar-refractivity contribution in [1.29, 1.82) is 0 Å². The normalized spacial score (nSPS) is 33.0. The van der Waals surface area contributed by atoms with Crippen molar-refractivity contribution in [3.8, 4) is 0 Å². The third-order valence-electron chi connectivity index (χ3n) is 4.37. The van der Waals surface area contributed by atoms with E-state index < -0.39 is 0 Å². The van der Waals surface area contributed by atoms with Crippen molar-refractivity contribution in [2.75, 3.05) is 12.3 Å². The molecule has 4 nitrogen and oxygen atoms in total. The zero-order chi connectivity index (χ0) is 14.0. The van der Waals surface area contributed by atoms with Crippen LogP contribution >= 0.6 is 0 Å². The summed E-state index contributed by atoms with van der Waals surface area (Å²) in [5.74, 6) is 0.505. The van der Waals surface area contributed by atoms with Crippen LogP contribution in [-0.4, -0.2) is 18.6 Å². The van der Waals surface area contributed by atoms with E-state index in [1.807, 2.05) is 19.1 Å². The number of hydrogen-bond donors (Lipinski definition) is 2. The molecule has 1 aliphatic carbocycles. The first-order chi connectivity index (χ1) is 9.65. The monoisotopic (exact) mass is 276 g/mol. The second-order valence-corrected chi connectivity index (χ2v) is 6.03. The average Bonchev–Trinajstić information content (AvgIpc) is 2.42. The Morgan fingerprint density at radius 1 is 1.20 bits per heavy atom. The van der Waals surface area contributed by atoms with Crippen molar-refractivity contribution >= 4 is 5.69 Å². The van der Waals surface area contributed by atoms with Gasteiger partial charge in [0.1, 0.15) is 0 Å². The van der Waals surface area contributed by atoms with Crippen molar-refractivity contribution < 1.29 is 9.47 Å². The number of benzene rings is 1. The molecule has 1 saturated heterocycles. The Balaban J connectivity index is 1.37. The van der Waals surface area contributed by atoms with Crippen LogP contribution < -0.4 is 11.1 Å². The van der Waals surface area contributed by atoms with Gasteiger partial charge in [0, 0.05) is 25.1 Å². The van der Waals surface area contributed by atoms with Crippen LogP contribution in [0.25, 0.3) is 0 Å². The van der Waals surface area contributed by atoms with E-state index in [2.05, 4.69) is 17.4 Å². The van der Waals surface area contributed by atoms with Crippen LogP contribution in [0.5, 0.6) is 0 Å². The van der Waals surface area contributed by atoms with Gasteiger partial charge in [-0.05, 0) is 49.9 Å². The summed E-state index contributed by atoms with van der Waals surface area (Å²) in [4.78, 5) is 0. The summed E-state index contributed by atoms with van der Waals surface area (Å²) in [6.07, 6.45) is 4.43. The number of rotatable bonds is 4. The van der Waals surface area contributed by atoms with Crippen molar-refractivity contribution in [1.82, 2.24) is 5.32 Å². The first-order valence-corrected chi connectivity index (χ1v) is 7.56. The molecule has 2 aliphatic rings. The van der Waals surface area contributed by atoms with Gasteiger partial charge in [0.05, 0.1) is 0 Å². The molecular formula is C16H24N2O2. The molecule has 1 aromatic carbocycles. The van der Waals surface area contributed by atoms with E-state index in [4.69, 9.17) is 15.2 Å². The highest BCUT2D eigenvalue weighted by molar-refractivity contribution is 5.39. The Kier molecular flexibility index (Phi) is 3.96. The molecule has 0 aromatic heterocycles. The highest BCUT2D eigenvalue weighted by atomic mass is 16.9. The van der Waals surface area contributed by atoms with Gasteiger partial charge in [0.25, 0.3) is 0 Å². The first kappa shape index (κ1) is 13.9. The van der Waals surface area contributed by atoms with Crippen LogP contribution in [0.15, 0.2) is 24.3 Å². The maximum Gasteiger partial charge on any atom is 0.174 e. The molecule has 3 rings (SSSR count). The molecule has 0 unspecified atom stereocenters. The van der Waals surface area contributed by atoms with Gasteiger partial charge in [0.2, 0.25) is 0 Å². The number of ether oxygens (including phenoxy) is 2. The predicted octanol–water partition coefficient (Wildman–Crippen LogP) is 2.64. The highest BCUT2D eigenvalue weighted by Gasteiger charge is 2.46. The molecule has 0 radical (unpaired) electrons. The molecule has 110 valence electrons. The van der Waals surface area contributed by atoms with E-state index in [9.17, 15) is 0 Å². The van der Waals surface area contributed by atoms with Crippen molar-refractivity contribution in [3.63, 3.8) is 0 Å². The molecule has 0 amide bonds. The summed E-state index contributed by atoms with van der Waals surface area (Å²) in [5, 5.41) is 3.54. The molecule has 1 saturated carbocycles. The fraction of sp³-hybridized carbons (Fsp3) is 0.625. The zero-order valence-corrected chi connectivity index (χ0v) is 12.1. The Hall–Kier alpha value is -1.10. The molecule has 1 aromatic rings. The minimum absolute atomic E-state index is 0.00445. The largest absolute Gasteiger partial charge is 0.399 e. The van der Waals surface area contributed by atoms with Crippen LogP contribution in [0.2, 0.25) is 0 Å². The van der Waals surface area contributed by atoms with Gasteiger partial charge in [-0.25, -0.2) is 0 Å². The van der Waals surface area contributed by atoms with Gasteiger partial charge < -0.3 is 20.5 Å². The lowest BCUT2D eigenvalue weighted by Crippen LogP contribution is -2.54. The summed E-state index contributed by atoms with van der Waals surface area (Å²) < 4.78 is 11.5. The second kappa shape index (κ2) is 5.72. The molecule has 4 heteroatoms. The fourth-order valence-electron chi connectivity index (χ4n) is 3.23. The standard InChI is InChI=1S/C16H24N2O2/c1-12-19-16(20-12)8-6-14(7-9-16)11-18-10-13-2-4-15(17)5-3-13/h2-5,12,14,18H,6-11,17H2,1H3. The molecule has 0 atom stereocenters. The van der Waals surface area contributed by atoms with Crippen molar-refractivity contribution in [2.24, 2.45) is 5.92 Å². The van der Waals surface area contributed by atoms with E-state index in [1.165, 1.54) is 18.4 Å². The van der Waals surface area contributed by atoms with Gasteiger partial charge in [-0.3, -0.25) is 0 Å². The maximum absolute atomic E-state index is 5.75. The van der Waals surface area contributed by atoms with Crippen LogP contribution in [0.4, 0.5) is 5.69 Å². The number of nitrogens with two attached hydrogens (primary N) is 1. The smallest absolute Gasteiger partial charge is 0.174 e. The van der Waals surface area contributed by atoms with E-state index in [0.29, 0.717) is 0 Å². The second-order valence-electron chi connectivity index (χ2n) is 6.03. The SMILES string of the molecule is CC1OC2(CCC(CNCc3ccc(N)cc3)CC2)O1. The predicted molar refractivity (Wildman–Crippen MR) is 78.9 cm³/mol. The summed E-state index contributed by atoms with van der Waals surface area (Å²) >= 11 is 0. The summed E-state index contributed by atoms with van der Waals surface area (Å²) in [5.41, 5.74) is 7.79. The molecule has 2 fully saturated rings. The Bertz CT molecular complexity index is 430. The van der Waals surface area contributed by atoms with Crippen LogP contribution in [-0.2, 0) is 16.0 Å². The molecule has 1 spiro atoms. The average molecular weight is 276 g/mol. The maximum atomic E-state index is 5.75. The van der Waals surface area contributed by atoms with E-state index >= 15 is 0 Å². The lowest BCUT2D eigenvalue weighted by Gasteiger charge is -2.49. The molecule has 1 heterocycles. The number of hydrogen-bond acceptors (Lipinski definition) is 4. The minimum Gasteiger partial charge on any atom is -0.399 e. The van der Waals surface area contributed by atoms with E-state index in [0.717, 1.165) is 37.5 Å². The Labute approximate surface area is 120 Å². The minimum atomic E-state index is -0.229. The zero-order valence-electron chi connectivity index (χ0n) is 12.1. The fourth-order valence-corrected chi connectivity index (χ4v) is 3.23. The van der Waals surface area contributed by atoms with Gasteiger partial charge in [0.15, 0.2) is 12.1 Å². The summed E-state index contributed by atoms with van der Waals surface area (Å²) in [6.45, 7) is 3.94. The summed E-state index contributed by atoms with van der Waals surface area (Å²) in [6, 6.07) is 8.06. The summed E-state index contributed by atoms with van der Waals surface area (Å²) in [7, 11) is 0. The third-order valence-corrected chi connectivity index (χ3v) is 4.37. The van der Waals surface area contributed by atoms with Crippen LogP contribution in [0.1, 0.15) is 38.2 Å². The van der Waals surface area contributed by atoms with Gasteiger partial charge in [-0.1, -0.05) is 12.1 Å². The van der Waals surface area contributed by atoms with Crippen LogP contribution in [0.3, 0.4) is 0 Å². The van der Waals surface area contributed by atoms with Gasteiger partial charge >= 0.3 is 0 Å². The van der Waals surface area contributed by atoms with Crippen molar-refractivity contribution in [2.45, 2.75) is 51.2 Å². The molecule has 0 bridgehead atoms. The van der Waals surface area contributed by atoms with Gasteiger partial charge in [-0.15, -0.1) is 0 Å². The lowest BCUT2D eigenvalue weighted by atomic mass is 9.84. The Morgan fingerprint density at radius 3 is 2.45 bits per heavy atom. The van der Waals surface area contributed by atoms with Gasteiger partial charge in [-0.2, -0.15) is 0 Å². The van der Waals surface area contributed by atoms with E-state index in [-0.39, 0.29) is 12.1 Å². The quantitative estimate of drug-likeness (QED) is 0.830. The first-order valence-electron chi connectivity index (χ1n) is 7.56. The van der Waals surface area contributed by atoms with Crippen molar-refractivity contribution in [3.05, 3.63) is 29.8 Å².